The van der Waals surface area contributed by atoms with Crippen molar-refractivity contribution in [2.24, 2.45) is 0 Å². The van der Waals surface area contributed by atoms with Gasteiger partial charge in [0.15, 0.2) is 0 Å². The van der Waals surface area contributed by atoms with Crippen molar-refractivity contribution in [2.75, 3.05) is 49.3 Å². The van der Waals surface area contributed by atoms with Crippen molar-refractivity contribution in [3.63, 3.8) is 0 Å². The number of piperazine rings is 1. The number of benzene rings is 4. The van der Waals surface area contributed by atoms with Gasteiger partial charge in [0.1, 0.15) is 28.8 Å². The van der Waals surface area contributed by atoms with Gasteiger partial charge in [-0.1, -0.05) is 30.3 Å². The molecule has 6 rings (SSSR count). The van der Waals surface area contributed by atoms with Crippen LogP contribution in [0, 0.1) is 5.82 Å². The minimum atomic E-state index is -0.542. The quantitative estimate of drug-likeness (QED) is 0.114. The van der Waals surface area contributed by atoms with E-state index in [2.05, 4.69) is 15.5 Å². The number of thioether (sulfide) groups is 1. The second-order valence-corrected chi connectivity index (χ2v) is 12.4. The molecule has 11 heteroatoms. The third kappa shape index (κ3) is 8.61. The summed E-state index contributed by atoms with van der Waals surface area (Å²) in [6.45, 7) is 2.55. The maximum absolute atomic E-state index is 13.5. The minimum Gasteiger partial charge on any atom is -0.496 e. The molecular formula is C39H35FN4O5S. The van der Waals surface area contributed by atoms with Crippen LogP contribution in [-0.4, -0.2) is 61.7 Å². The fourth-order valence-electron chi connectivity index (χ4n) is 5.44. The first-order valence-corrected chi connectivity index (χ1v) is 17.0. The van der Waals surface area contributed by atoms with Crippen molar-refractivity contribution in [1.82, 2.24) is 10.2 Å². The number of carbonyl (C=O) groups is 3. The van der Waals surface area contributed by atoms with Gasteiger partial charge in [0, 0.05) is 54.1 Å². The lowest BCUT2D eigenvalue weighted by Crippen LogP contribution is -2.49. The number of hydrogen-bond acceptors (Lipinski definition) is 7. The predicted molar refractivity (Wildman–Crippen MR) is 194 cm³/mol. The van der Waals surface area contributed by atoms with Crippen LogP contribution in [0.5, 0.6) is 5.75 Å². The van der Waals surface area contributed by atoms with Gasteiger partial charge in [-0.2, -0.15) is 0 Å². The van der Waals surface area contributed by atoms with E-state index in [1.165, 1.54) is 30.0 Å². The number of hydrogen-bond donors (Lipinski definition) is 2. The molecule has 0 bridgehead atoms. The van der Waals surface area contributed by atoms with Crippen molar-refractivity contribution in [3.8, 4) is 17.1 Å². The number of amides is 3. The van der Waals surface area contributed by atoms with E-state index in [0.717, 1.165) is 16.1 Å². The second-order valence-electron chi connectivity index (χ2n) is 11.4. The Morgan fingerprint density at radius 3 is 2.26 bits per heavy atom. The SMILES string of the molecule is COc1ccccc1-c1ccc(/C=C(/NC(=O)c2ccccc2)C(=O)Nc2ccc(SCC(=O)N3CCN(c4ccc(F)cc4)CC3)cc2)o1. The van der Waals surface area contributed by atoms with Crippen molar-refractivity contribution >= 4 is 46.9 Å². The van der Waals surface area contributed by atoms with Crippen molar-refractivity contribution in [1.29, 1.82) is 0 Å². The number of rotatable bonds is 11. The van der Waals surface area contributed by atoms with E-state index >= 15 is 0 Å². The smallest absolute Gasteiger partial charge is 0.272 e. The lowest BCUT2D eigenvalue weighted by molar-refractivity contribution is -0.128. The van der Waals surface area contributed by atoms with Gasteiger partial charge < -0.3 is 29.6 Å². The molecule has 1 saturated heterocycles. The Kier molecular flexibility index (Phi) is 10.9. The van der Waals surface area contributed by atoms with Crippen LogP contribution in [0.1, 0.15) is 16.1 Å². The standard InChI is InChI=1S/C39H35FN4O5S/c1-48-35-10-6-5-9-33(35)36-20-17-31(49-36)25-34(42-38(46)27-7-3-2-4-8-27)39(47)41-29-13-18-32(19-14-29)50-26-37(45)44-23-21-43(22-24-44)30-15-11-28(40)12-16-30/h2-20,25H,21-24,26H2,1H3,(H,41,47)(H,42,46)/b34-25+. The number of methoxy groups -OCH3 is 1. The third-order valence-electron chi connectivity index (χ3n) is 8.11. The van der Waals surface area contributed by atoms with E-state index in [1.807, 2.05) is 41.3 Å². The van der Waals surface area contributed by atoms with Gasteiger partial charge in [0.25, 0.3) is 11.8 Å². The lowest BCUT2D eigenvalue weighted by Gasteiger charge is -2.36. The topological polar surface area (TPSA) is 104 Å². The molecule has 4 aromatic carbocycles. The second kappa shape index (κ2) is 16.1. The first kappa shape index (κ1) is 34.1. The molecule has 0 unspecified atom stereocenters. The molecule has 1 aliphatic heterocycles. The van der Waals surface area contributed by atoms with Gasteiger partial charge >= 0.3 is 0 Å². The van der Waals surface area contributed by atoms with Gasteiger partial charge in [-0.25, -0.2) is 4.39 Å². The van der Waals surface area contributed by atoms with E-state index < -0.39 is 11.8 Å². The lowest BCUT2D eigenvalue weighted by atomic mass is 10.1. The summed E-state index contributed by atoms with van der Waals surface area (Å²) < 4.78 is 24.8. The highest BCUT2D eigenvalue weighted by Gasteiger charge is 2.22. The maximum atomic E-state index is 13.5. The van der Waals surface area contributed by atoms with Crippen molar-refractivity contribution in [3.05, 3.63) is 138 Å². The highest BCUT2D eigenvalue weighted by molar-refractivity contribution is 8.00. The summed E-state index contributed by atoms with van der Waals surface area (Å²) in [6.07, 6.45) is 1.48. The van der Waals surface area contributed by atoms with Crippen LogP contribution < -0.4 is 20.3 Å². The number of carbonyl (C=O) groups excluding carboxylic acids is 3. The number of nitrogens with zero attached hydrogens (tertiary/aromatic N) is 2. The molecule has 3 amide bonds. The minimum absolute atomic E-state index is 0.0108. The number of nitrogens with one attached hydrogen (secondary N) is 2. The molecular weight excluding hydrogens is 656 g/mol. The Labute approximate surface area is 293 Å². The average molecular weight is 691 g/mol. The molecule has 9 nitrogen and oxygen atoms in total. The molecule has 0 aliphatic carbocycles. The van der Waals surface area contributed by atoms with Crippen LogP contribution in [0.3, 0.4) is 0 Å². The number of halogens is 1. The summed E-state index contributed by atoms with van der Waals surface area (Å²) in [6, 6.07) is 33.1. The van der Waals surface area contributed by atoms with Gasteiger partial charge in [0.05, 0.1) is 18.4 Å². The Morgan fingerprint density at radius 1 is 0.840 bits per heavy atom. The monoisotopic (exact) mass is 690 g/mol. The summed E-state index contributed by atoms with van der Waals surface area (Å²) in [5.41, 5.74) is 2.59. The van der Waals surface area contributed by atoms with Crippen molar-refractivity contribution < 1.29 is 27.9 Å². The molecule has 1 fully saturated rings. The first-order valence-electron chi connectivity index (χ1n) is 16.0. The Balaban J connectivity index is 1.08. The van der Waals surface area contributed by atoms with Gasteiger partial charge in [-0.15, -0.1) is 11.8 Å². The summed E-state index contributed by atoms with van der Waals surface area (Å²) >= 11 is 1.42. The van der Waals surface area contributed by atoms with Crippen LogP contribution in [-0.2, 0) is 9.59 Å². The van der Waals surface area contributed by atoms with Gasteiger partial charge in [-0.3, -0.25) is 14.4 Å². The zero-order valence-electron chi connectivity index (χ0n) is 27.3. The Hall–Kier alpha value is -5.81. The normalized spacial score (nSPS) is 13.1. The molecule has 2 N–H and O–H groups in total. The van der Waals surface area contributed by atoms with Crippen LogP contribution in [0.25, 0.3) is 17.4 Å². The van der Waals surface area contributed by atoms with Gasteiger partial charge in [0.2, 0.25) is 5.91 Å². The molecule has 0 radical (unpaired) electrons. The molecule has 0 atom stereocenters. The maximum Gasteiger partial charge on any atom is 0.272 e. The molecule has 1 aromatic heterocycles. The largest absolute Gasteiger partial charge is 0.496 e. The number of furan rings is 1. The Bertz CT molecular complexity index is 1970. The van der Waals surface area contributed by atoms with E-state index in [1.54, 1.807) is 73.8 Å². The summed E-state index contributed by atoms with van der Waals surface area (Å²) in [5, 5.41) is 5.57. The molecule has 0 spiro atoms. The Morgan fingerprint density at radius 2 is 1.54 bits per heavy atom. The van der Waals surface area contributed by atoms with Gasteiger partial charge in [-0.05, 0) is 84.9 Å². The number of anilines is 2. The highest BCUT2D eigenvalue weighted by atomic mass is 32.2. The first-order chi connectivity index (χ1) is 24.4. The summed E-state index contributed by atoms with van der Waals surface area (Å²) in [7, 11) is 1.58. The number of para-hydroxylation sites is 1. The van der Waals surface area contributed by atoms with E-state index in [4.69, 9.17) is 9.15 Å². The third-order valence-corrected chi connectivity index (χ3v) is 9.11. The van der Waals surface area contributed by atoms with Crippen LogP contribution >= 0.6 is 11.8 Å². The molecule has 5 aromatic rings. The zero-order valence-corrected chi connectivity index (χ0v) is 28.1. The van der Waals surface area contributed by atoms with E-state index in [-0.39, 0.29) is 23.2 Å². The molecule has 1 aliphatic rings. The molecule has 254 valence electrons. The molecule has 2 heterocycles. The summed E-state index contributed by atoms with van der Waals surface area (Å²) in [4.78, 5) is 44.4. The molecule has 50 heavy (non-hydrogen) atoms. The van der Waals surface area contributed by atoms with Crippen molar-refractivity contribution in [2.45, 2.75) is 4.90 Å². The summed E-state index contributed by atoms with van der Waals surface area (Å²) in [5.74, 6) is 0.604. The van der Waals surface area contributed by atoms with Crippen LogP contribution in [0.4, 0.5) is 15.8 Å². The zero-order chi connectivity index (χ0) is 34.9. The fraction of sp³-hybridized carbons (Fsp3) is 0.154. The highest BCUT2D eigenvalue weighted by Crippen LogP contribution is 2.31. The predicted octanol–water partition coefficient (Wildman–Crippen LogP) is 6.94. The van der Waals surface area contributed by atoms with E-state index in [9.17, 15) is 18.8 Å². The molecule has 0 saturated carbocycles. The average Bonchev–Trinajstić information content (AvgIpc) is 3.63. The van der Waals surface area contributed by atoms with Crippen LogP contribution in [0.2, 0.25) is 0 Å². The van der Waals surface area contributed by atoms with Crippen LogP contribution in [0.15, 0.2) is 130 Å². The number of ether oxygens (including phenoxy) is 1. The van der Waals surface area contributed by atoms with E-state index in [0.29, 0.717) is 54.7 Å². The fourth-order valence-corrected chi connectivity index (χ4v) is 6.24.